The smallest absolute Gasteiger partial charge is 0.328 e. The van der Waals surface area contributed by atoms with E-state index in [0.29, 0.717) is 25.2 Å². The van der Waals surface area contributed by atoms with E-state index < -0.39 is 30.0 Å². The van der Waals surface area contributed by atoms with Gasteiger partial charge >= 0.3 is 23.9 Å². The average Bonchev–Trinajstić information content (AvgIpc) is 2.62. The molecule has 0 rings (SSSR count). The van der Waals surface area contributed by atoms with Crippen molar-refractivity contribution in [1.29, 1.82) is 0 Å². The minimum Gasteiger partial charge on any atom is -0.480 e. The van der Waals surface area contributed by atoms with E-state index in [9.17, 15) is 19.2 Å². The third-order valence-electron chi connectivity index (χ3n) is 3.61. The SMILES string of the molecule is CCCCCCCC[C@H](N[C@@H](C)C(=O)O)C(=O)OCC.O=C(O)C=CC(=O)O. The lowest BCUT2D eigenvalue weighted by molar-refractivity contribution is -0.147. The number of carbonyl (C=O) groups is 4. The zero-order valence-electron chi connectivity index (χ0n) is 16.8. The Bertz CT molecular complexity index is 488. The first-order valence-electron chi connectivity index (χ1n) is 9.45. The van der Waals surface area contributed by atoms with Crippen molar-refractivity contribution < 1.29 is 39.2 Å². The van der Waals surface area contributed by atoms with E-state index in [1.165, 1.54) is 26.2 Å². The summed E-state index contributed by atoms with van der Waals surface area (Å²) in [6, 6.07) is -1.27. The summed E-state index contributed by atoms with van der Waals surface area (Å²) in [4.78, 5) is 41.7. The Labute approximate surface area is 165 Å². The number of aliphatic carboxylic acids is 3. The van der Waals surface area contributed by atoms with Crippen molar-refractivity contribution >= 4 is 23.9 Å². The Morgan fingerprint density at radius 1 is 0.893 bits per heavy atom. The first-order valence-corrected chi connectivity index (χ1v) is 9.45. The third-order valence-corrected chi connectivity index (χ3v) is 3.61. The first-order chi connectivity index (χ1) is 13.1. The number of carbonyl (C=O) groups excluding carboxylic acids is 1. The molecule has 0 radical (unpaired) electrons. The highest BCUT2D eigenvalue weighted by Gasteiger charge is 2.23. The Kier molecular flexibility index (Phi) is 17.8. The zero-order chi connectivity index (χ0) is 21.9. The molecule has 9 heteroatoms. The molecule has 0 saturated heterocycles. The monoisotopic (exact) mass is 403 g/mol. The van der Waals surface area contributed by atoms with Gasteiger partial charge in [0.2, 0.25) is 0 Å². The van der Waals surface area contributed by atoms with Crippen molar-refractivity contribution in [2.24, 2.45) is 0 Å². The summed E-state index contributed by atoms with van der Waals surface area (Å²) in [5, 5.41) is 27.4. The number of esters is 1. The summed E-state index contributed by atoms with van der Waals surface area (Å²) in [6.07, 6.45) is 8.56. The van der Waals surface area contributed by atoms with Gasteiger partial charge < -0.3 is 20.1 Å². The van der Waals surface area contributed by atoms with Gasteiger partial charge in [0.15, 0.2) is 0 Å². The molecule has 0 spiro atoms. The van der Waals surface area contributed by atoms with Crippen LogP contribution in [0.2, 0.25) is 0 Å². The van der Waals surface area contributed by atoms with Crippen LogP contribution in [-0.4, -0.2) is 57.9 Å². The minimum atomic E-state index is -1.26. The maximum absolute atomic E-state index is 11.8. The second-order valence-corrected chi connectivity index (χ2v) is 6.10. The van der Waals surface area contributed by atoms with Crippen molar-refractivity contribution in [3.05, 3.63) is 12.2 Å². The minimum absolute atomic E-state index is 0.314. The molecule has 0 aliphatic rings. The summed E-state index contributed by atoms with van der Waals surface area (Å²) in [7, 11) is 0. The van der Waals surface area contributed by atoms with Crippen molar-refractivity contribution in [2.75, 3.05) is 6.61 Å². The molecule has 2 atom stereocenters. The maximum atomic E-state index is 11.8. The van der Waals surface area contributed by atoms with Crippen LogP contribution in [0.1, 0.15) is 65.7 Å². The van der Waals surface area contributed by atoms with E-state index in [1.54, 1.807) is 6.92 Å². The van der Waals surface area contributed by atoms with Gasteiger partial charge in [-0.15, -0.1) is 0 Å². The molecule has 162 valence electrons. The number of carboxylic acid groups (broad SMARTS) is 3. The molecule has 0 heterocycles. The van der Waals surface area contributed by atoms with Gasteiger partial charge in [0.1, 0.15) is 12.1 Å². The Morgan fingerprint density at radius 2 is 1.39 bits per heavy atom. The molecule has 28 heavy (non-hydrogen) atoms. The fraction of sp³-hybridized carbons (Fsp3) is 0.684. The predicted molar refractivity (Wildman–Crippen MR) is 103 cm³/mol. The fourth-order valence-corrected chi connectivity index (χ4v) is 2.16. The van der Waals surface area contributed by atoms with Gasteiger partial charge in [-0.1, -0.05) is 45.4 Å². The quantitative estimate of drug-likeness (QED) is 0.195. The molecule has 0 aliphatic heterocycles. The van der Waals surface area contributed by atoms with Crippen molar-refractivity contribution in [1.82, 2.24) is 5.32 Å². The fourth-order valence-electron chi connectivity index (χ4n) is 2.16. The summed E-state index contributed by atoms with van der Waals surface area (Å²) >= 11 is 0. The lowest BCUT2D eigenvalue weighted by Crippen LogP contribution is -2.46. The Hall–Kier alpha value is -2.42. The largest absolute Gasteiger partial charge is 0.480 e. The van der Waals surface area contributed by atoms with E-state index >= 15 is 0 Å². The predicted octanol–water partition coefficient (Wildman–Crippen LogP) is 2.44. The van der Waals surface area contributed by atoms with Crippen LogP contribution in [0.15, 0.2) is 12.2 Å². The van der Waals surface area contributed by atoms with Crippen LogP contribution in [-0.2, 0) is 23.9 Å². The molecule has 0 fully saturated rings. The number of carboxylic acids is 3. The molecule has 4 N–H and O–H groups in total. The molecule has 0 saturated carbocycles. The van der Waals surface area contributed by atoms with E-state index in [-0.39, 0.29) is 5.97 Å². The molecule has 0 unspecified atom stereocenters. The number of hydrogen-bond acceptors (Lipinski definition) is 6. The van der Waals surface area contributed by atoms with Crippen LogP contribution in [0, 0.1) is 0 Å². The molecule has 0 aromatic carbocycles. The van der Waals surface area contributed by atoms with Crippen LogP contribution in [0.4, 0.5) is 0 Å². The van der Waals surface area contributed by atoms with Crippen LogP contribution >= 0.6 is 0 Å². The standard InChI is InChI=1S/C15H29NO4.C4H4O4/c1-4-6-7-8-9-10-11-13(15(19)20-5-2)16-12(3)14(17)18;5-3(6)1-2-4(7)8/h12-13,16H,4-11H2,1-3H3,(H,17,18);1-2H,(H,5,6)(H,7,8)/t12-,13-;/m0./s1. The van der Waals surface area contributed by atoms with Crippen molar-refractivity contribution in [2.45, 2.75) is 77.8 Å². The van der Waals surface area contributed by atoms with Crippen molar-refractivity contribution in [3.8, 4) is 0 Å². The number of hydrogen-bond donors (Lipinski definition) is 4. The third kappa shape index (κ3) is 18.4. The van der Waals surface area contributed by atoms with Gasteiger partial charge in [0.05, 0.1) is 6.61 Å². The van der Waals surface area contributed by atoms with Gasteiger partial charge in [-0.05, 0) is 20.3 Å². The lowest BCUT2D eigenvalue weighted by atomic mass is 10.0. The summed E-state index contributed by atoms with van der Waals surface area (Å²) in [5.74, 6) is -3.82. The number of rotatable bonds is 14. The lowest BCUT2D eigenvalue weighted by Gasteiger charge is -2.19. The van der Waals surface area contributed by atoms with E-state index in [0.717, 1.165) is 19.3 Å². The molecular weight excluding hydrogens is 370 g/mol. The molecule has 0 aliphatic carbocycles. The van der Waals surface area contributed by atoms with Gasteiger partial charge in [0.25, 0.3) is 0 Å². The normalized spacial score (nSPS) is 12.5. The van der Waals surface area contributed by atoms with Crippen molar-refractivity contribution in [3.63, 3.8) is 0 Å². The second-order valence-electron chi connectivity index (χ2n) is 6.10. The molecule has 0 bridgehead atoms. The Morgan fingerprint density at radius 3 is 1.82 bits per heavy atom. The highest BCUT2D eigenvalue weighted by Crippen LogP contribution is 2.10. The maximum Gasteiger partial charge on any atom is 0.328 e. The van der Waals surface area contributed by atoms with Crippen LogP contribution in [0.3, 0.4) is 0 Å². The number of unbranched alkanes of at least 4 members (excludes halogenated alkanes) is 5. The van der Waals surface area contributed by atoms with Crippen LogP contribution < -0.4 is 5.32 Å². The van der Waals surface area contributed by atoms with Gasteiger partial charge in [0, 0.05) is 12.2 Å². The van der Waals surface area contributed by atoms with E-state index in [4.69, 9.17) is 20.1 Å². The molecule has 0 aromatic heterocycles. The van der Waals surface area contributed by atoms with Crippen LogP contribution in [0.5, 0.6) is 0 Å². The highest BCUT2D eigenvalue weighted by molar-refractivity contribution is 5.89. The number of ether oxygens (including phenoxy) is 1. The molecular formula is C19H33NO8. The molecule has 0 aromatic rings. The molecule has 0 amide bonds. The van der Waals surface area contributed by atoms with E-state index in [1.807, 2.05) is 0 Å². The van der Waals surface area contributed by atoms with Gasteiger partial charge in [-0.2, -0.15) is 0 Å². The van der Waals surface area contributed by atoms with Crippen LogP contribution in [0.25, 0.3) is 0 Å². The van der Waals surface area contributed by atoms with Gasteiger partial charge in [-0.25, -0.2) is 9.59 Å². The Balaban J connectivity index is 0. The number of nitrogens with one attached hydrogen (secondary N) is 1. The summed E-state index contributed by atoms with van der Waals surface area (Å²) < 4.78 is 4.99. The topological polar surface area (TPSA) is 150 Å². The first kappa shape index (κ1) is 27.8. The summed E-state index contributed by atoms with van der Waals surface area (Å²) in [6.45, 7) is 5.78. The highest BCUT2D eigenvalue weighted by atomic mass is 16.5. The second kappa shape index (κ2) is 18.0. The van der Waals surface area contributed by atoms with E-state index in [2.05, 4.69) is 12.2 Å². The summed E-state index contributed by atoms with van der Waals surface area (Å²) in [5.41, 5.74) is 0. The molecule has 9 nitrogen and oxygen atoms in total. The van der Waals surface area contributed by atoms with Gasteiger partial charge in [-0.3, -0.25) is 14.9 Å². The average molecular weight is 403 g/mol. The zero-order valence-corrected chi connectivity index (χ0v) is 16.8.